The molecule has 0 atom stereocenters. The number of nitrogens with one attached hydrogen (secondary N) is 2. The number of halogens is 1. The molecule has 6 rings (SSSR count). The number of anilines is 3. The van der Waals surface area contributed by atoms with Crippen molar-refractivity contribution in [3.63, 3.8) is 0 Å². The van der Waals surface area contributed by atoms with Gasteiger partial charge in [-0.1, -0.05) is 5.92 Å². The maximum atomic E-state index is 12.6. The number of aryl methyl sites for hydroxylation is 1. The van der Waals surface area contributed by atoms with Crippen LogP contribution in [0, 0.1) is 24.7 Å². The van der Waals surface area contributed by atoms with Gasteiger partial charge in [0.25, 0.3) is 5.91 Å². The van der Waals surface area contributed by atoms with Crippen LogP contribution in [0.5, 0.6) is 17.2 Å². The SMILES string of the molecule is Cc1cc(Nc2ncnc3cc(OCCN(C)C)c(NC(=O)C#CC4CC4)cc23)ccc1Oc1ccn2ncnc2c1.Cl. The largest absolute Gasteiger partial charge is 0.490 e. The van der Waals surface area contributed by atoms with E-state index in [-0.39, 0.29) is 18.3 Å². The number of likely N-dealkylation sites (N-methyl/N-ethyl adjacent to an activating group) is 1. The zero-order chi connectivity index (χ0) is 29.1. The molecular formula is C31H31ClN8O3. The van der Waals surface area contributed by atoms with Gasteiger partial charge >= 0.3 is 0 Å². The Hall–Kier alpha value is -4.92. The third-order valence-electron chi connectivity index (χ3n) is 6.67. The summed E-state index contributed by atoms with van der Waals surface area (Å²) in [4.78, 5) is 27.8. The molecule has 11 nitrogen and oxygen atoms in total. The van der Waals surface area contributed by atoms with E-state index in [4.69, 9.17) is 9.47 Å². The Labute approximate surface area is 255 Å². The molecule has 12 heteroatoms. The Balaban J connectivity index is 0.00000368. The first kappa shape index (κ1) is 29.6. The van der Waals surface area contributed by atoms with Crippen molar-refractivity contribution < 1.29 is 14.3 Å². The first-order valence-corrected chi connectivity index (χ1v) is 13.6. The van der Waals surface area contributed by atoms with Crippen LogP contribution in [0.3, 0.4) is 0 Å². The number of pyridine rings is 1. The van der Waals surface area contributed by atoms with E-state index in [1.807, 2.05) is 68.4 Å². The van der Waals surface area contributed by atoms with Gasteiger partial charge in [-0.25, -0.2) is 19.5 Å². The summed E-state index contributed by atoms with van der Waals surface area (Å²) in [5.41, 5.74) is 3.64. The van der Waals surface area contributed by atoms with Crippen molar-refractivity contribution >= 4 is 52.1 Å². The van der Waals surface area contributed by atoms with E-state index in [0.29, 0.717) is 52.4 Å². The van der Waals surface area contributed by atoms with Crippen molar-refractivity contribution in [2.24, 2.45) is 5.92 Å². The number of hydrogen-bond donors (Lipinski definition) is 2. The van der Waals surface area contributed by atoms with E-state index in [2.05, 4.69) is 42.5 Å². The first-order valence-electron chi connectivity index (χ1n) is 13.6. The molecule has 3 heterocycles. The second kappa shape index (κ2) is 12.9. The molecule has 1 aliphatic carbocycles. The first-order chi connectivity index (χ1) is 20.4. The molecule has 43 heavy (non-hydrogen) atoms. The van der Waals surface area contributed by atoms with E-state index in [1.165, 1.54) is 12.7 Å². The average Bonchev–Trinajstić information content (AvgIpc) is 3.68. The summed E-state index contributed by atoms with van der Waals surface area (Å²) in [6.45, 7) is 3.14. The summed E-state index contributed by atoms with van der Waals surface area (Å²) >= 11 is 0. The predicted molar refractivity (Wildman–Crippen MR) is 167 cm³/mol. The smallest absolute Gasteiger partial charge is 0.300 e. The number of hydrogen-bond acceptors (Lipinski definition) is 9. The van der Waals surface area contributed by atoms with Gasteiger partial charge in [0, 0.05) is 41.9 Å². The van der Waals surface area contributed by atoms with Crippen molar-refractivity contribution in [2.75, 3.05) is 37.9 Å². The second-order valence-corrected chi connectivity index (χ2v) is 10.4. The molecule has 2 N–H and O–H groups in total. The molecule has 0 radical (unpaired) electrons. The van der Waals surface area contributed by atoms with Gasteiger partial charge in [-0.15, -0.1) is 12.4 Å². The van der Waals surface area contributed by atoms with Crippen molar-refractivity contribution in [1.82, 2.24) is 29.5 Å². The fourth-order valence-electron chi connectivity index (χ4n) is 4.25. The van der Waals surface area contributed by atoms with E-state index < -0.39 is 0 Å². The Morgan fingerprint density at radius 2 is 1.93 bits per heavy atom. The van der Waals surface area contributed by atoms with Gasteiger partial charge in [-0.3, -0.25) is 4.79 Å². The van der Waals surface area contributed by atoms with E-state index in [1.54, 1.807) is 10.7 Å². The summed E-state index contributed by atoms with van der Waals surface area (Å²) in [6, 6.07) is 13.1. The summed E-state index contributed by atoms with van der Waals surface area (Å²) < 4.78 is 13.8. The third-order valence-corrected chi connectivity index (χ3v) is 6.67. The Kier molecular flexibility index (Phi) is 8.90. The Morgan fingerprint density at radius 3 is 2.72 bits per heavy atom. The predicted octanol–water partition coefficient (Wildman–Crippen LogP) is 5.23. The molecule has 1 aliphatic rings. The number of amides is 1. The maximum Gasteiger partial charge on any atom is 0.300 e. The standard InChI is InChI=1S/C31H30N8O3.ClH/c1-20-14-22(7-8-27(20)42-23-10-11-39-29(15-23)33-19-35-39)36-31-24-16-26(37-30(40)9-6-21-4-5-21)28(41-13-12-38(2)3)17-25(24)32-18-34-31;/h7-8,10-11,14-19,21H,4-5,12-13H2,1-3H3,(H,37,40)(H,32,34,36);1H. The van der Waals surface area contributed by atoms with Crippen molar-refractivity contribution in [3.05, 3.63) is 66.9 Å². The van der Waals surface area contributed by atoms with Crippen LogP contribution in [-0.4, -0.2) is 62.6 Å². The summed E-state index contributed by atoms with van der Waals surface area (Å²) in [6.07, 6.45) is 6.90. The lowest BCUT2D eigenvalue weighted by Gasteiger charge is -2.16. The molecule has 0 unspecified atom stereocenters. The fourth-order valence-corrected chi connectivity index (χ4v) is 4.25. The van der Waals surface area contributed by atoms with Crippen LogP contribution in [0.2, 0.25) is 0 Å². The average molecular weight is 599 g/mol. The lowest BCUT2D eigenvalue weighted by molar-refractivity contribution is -0.111. The lowest BCUT2D eigenvalue weighted by atomic mass is 10.1. The van der Waals surface area contributed by atoms with Crippen LogP contribution in [0.15, 0.2) is 61.3 Å². The number of carbonyl (C=O) groups excluding carboxylic acids is 1. The Bertz CT molecular complexity index is 1840. The number of benzene rings is 2. The summed E-state index contributed by atoms with van der Waals surface area (Å²) in [7, 11) is 3.95. The number of ether oxygens (including phenoxy) is 2. The monoisotopic (exact) mass is 598 g/mol. The topological polar surface area (TPSA) is 119 Å². The van der Waals surface area contributed by atoms with Crippen LogP contribution < -0.4 is 20.1 Å². The zero-order valence-electron chi connectivity index (χ0n) is 24.0. The summed E-state index contributed by atoms with van der Waals surface area (Å²) in [5, 5.41) is 11.1. The highest BCUT2D eigenvalue weighted by atomic mass is 35.5. The number of carbonyl (C=O) groups is 1. The van der Waals surface area contributed by atoms with E-state index >= 15 is 0 Å². The van der Waals surface area contributed by atoms with Crippen LogP contribution in [0.4, 0.5) is 17.2 Å². The summed E-state index contributed by atoms with van der Waals surface area (Å²) in [5.74, 6) is 8.15. The molecule has 0 bridgehead atoms. The van der Waals surface area contributed by atoms with Gasteiger partial charge in [-0.05, 0) is 75.7 Å². The maximum absolute atomic E-state index is 12.6. The quantitative estimate of drug-likeness (QED) is 0.220. The van der Waals surface area contributed by atoms with Crippen LogP contribution >= 0.6 is 12.4 Å². The van der Waals surface area contributed by atoms with Crippen molar-refractivity contribution in [2.45, 2.75) is 19.8 Å². The molecule has 0 saturated heterocycles. The molecule has 1 amide bonds. The van der Waals surface area contributed by atoms with E-state index in [0.717, 1.165) is 36.0 Å². The normalized spacial score (nSPS) is 12.4. The fraction of sp³-hybridized carbons (Fsp3) is 0.258. The van der Waals surface area contributed by atoms with Crippen molar-refractivity contribution in [1.29, 1.82) is 0 Å². The van der Waals surface area contributed by atoms with Gasteiger partial charge in [0.2, 0.25) is 0 Å². The van der Waals surface area contributed by atoms with Gasteiger partial charge in [0.1, 0.15) is 42.3 Å². The van der Waals surface area contributed by atoms with Gasteiger partial charge < -0.3 is 25.0 Å². The van der Waals surface area contributed by atoms with Gasteiger partial charge in [0.15, 0.2) is 5.65 Å². The zero-order valence-corrected chi connectivity index (χ0v) is 24.8. The number of fused-ring (bicyclic) bond motifs is 2. The molecule has 220 valence electrons. The molecular weight excluding hydrogens is 568 g/mol. The lowest BCUT2D eigenvalue weighted by Crippen LogP contribution is -2.20. The highest BCUT2D eigenvalue weighted by Gasteiger charge is 2.19. The molecule has 1 fully saturated rings. The van der Waals surface area contributed by atoms with Crippen LogP contribution in [-0.2, 0) is 4.79 Å². The third kappa shape index (κ3) is 7.30. The highest BCUT2D eigenvalue weighted by Crippen LogP contribution is 2.35. The van der Waals surface area contributed by atoms with Gasteiger partial charge in [0.05, 0.1) is 11.2 Å². The number of aromatic nitrogens is 5. The van der Waals surface area contributed by atoms with Crippen molar-refractivity contribution in [3.8, 4) is 29.1 Å². The Morgan fingerprint density at radius 1 is 1.07 bits per heavy atom. The molecule has 1 saturated carbocycles. The minimum absolute atomic E-state index is 0. The molecule has 0 aliphatic heterocycles. The van der Waals surface area contributed by atoms with E-state index in [9.17, 15) is 4.79 Å². The minimum atomic E-state index is -0.376. The number of nitrogens with zero attached hydrogens (tertiary/aromatic N) is 6. The van der Waals surface area contributed by atoms with Crippen LogP contribution in [0.1, 0.15) is 18.4 Å². The molecule has 2 aromatic carbocycles. The molecule has 5 aromatic rings. The second-order valence-electron chi connectivity index (χ2n) is 10.4. The molecule has 0 spiro atoms. The minimum Gasteiger partial charge on any atom is -0.490 e. The molecule has 3 aromatic heterocycles. The van der Waals surface area contributed by atoms with Crippen LogP contribution in [0.25, 0.3) is 16.6 Å². The van der Waals surface area contributed by atoms with Gasteiger partial charge in [-0.2, -0.15) is 5.10 Å². The highest BCUT2D eigenvalue weighted by molar-refractivity contribution is 6.06. The number of rotatable bonds is 9.